The van der Waals surface area contributed by atoms with Gasteiger partial charge >= 0.3 is 5.97 Å². The van der Waals surface area contributed by atoms with Crippen LogP contribution in [-0.2, 0) is 9.53 Å². The molecule has 1 aliphatic rings. The van der Waals surface area contributed by atoms with Crippen LogP contribution in [0.3, 0.4) is 0 Å². The average molecular weight is 386 g/mol. The quantitative estimate of drug-likeness (QED) is 0.739. The van der Waals surface area contributed by atoms with Crippen molar-refractivity contribution in [3.05, 3.63) is 65.5 Å². The van der Waals surface area contributed by atoms with Crippen molar-refractivity contribution in [2.24, 2.45) is 0 Å². The Balaban J connectivity index is 1.68. The smallest absolute Gasteiger partial charge is 0.327 e. The average Bonchev–Trinajstić information content (AvgIpc) is 2.75. The second-order valence-electron chi connectivity index (χ2n) is 6.53. The molecule has 1 unspecified atom stereocenters. The molecule has 148 valence electrons. The van der Waals surface area contributed by atoms with Gasteiger partial charge in [-0.1, -0.05) is 12.1 Å². The number of carbonyl (C=O) groups is 2. The molecule has 0 bridgehead atoms. The summed E-state index contributed by atoms with van der Waals surface area (Å²) < 4.78 is 23.3. The molecule has 0 aromatic heterocycles. The number of methoxy groups -OCH3 is 2. The number of ether oxygens (including phenoxy) is 2. The molecule has 1 saturated heterocycles. The van der Waals surface area contributed by atoms with Crippen LogP contribution < -0.4 is 4.74 Å². The van der Waals surface area contributed by atoms with Crippen LogP contribution in [0, 0.1) is 5.82 Å². The first-order valence-corrected chi connectivity index (χ1v) is 9.04. The van der Waals surface area contributed by atoms with Gasteiger partial charge in [-0.15, -0.1) is 0 Å². The summed E-state index contributed by atoms with van der Waals surface area (Å²) in [5.41, 5.74) is 1.26. The highest BCUT2D eigenvalue weighted by Gasteiger charge is 2.32. The fraction of sp³-hybridized carbons (Fsp3) is 0.333. The fourth-order valence-corrected chi connectivity index (χ4v) is 3.35. The number of esters is 1. The number of halogens is 1. The molecule has 7 heteroatoms. The molecular weight excluding hydrogens is 363 g/mol. The zero-order chi connectivity index (χ0) is 20.1. The largest absolute Gasteiger partial charge is 0.497 e. The molecule has 1 atom stereocenters. The van der Waals surface area contributed by atoms with Gasteiger partial charge in [0.25, 0.3) is 5.91 Å². The van der Waals surface area contributed by atoms with Crippen LogP contribution >= 0.6 is 0 Å². The number of amides is 1. The minimum Gasteiger partial charge on any atom is -0.497 e. The first-order chi connectivity index (χ1) is 13.5. The molecule has 0 spiro atoms. The zero-order valence-electron chi connectivity index (χ0n) is 15.9. The second-order valence-corrected chi connectivity index (χ2v) is 6.53. The summed E-state index contributed by atoms with van der Waals surface area (Å²) in [6, 6.07) is 12.2. The topological polar surface area (TPSA) is 59.1 Å². The summed E-state index contributed by atoms with van der Waals surface area (Å²) in [5.74, 6) is -0.121. The molecule has 2 aromatic carbocycles. The van der Waals surface area contributed by atoms with Crippen LogP contribution in [0.15, 0.2) is 48.5 Å². The normalized spacial score (nSPS) is 15.8. The predicted molar refractivity (Wildman–Crippen MR) is 102 cm³/mol. The molecule has 1 fully saturated rings. The van der Waals surface area contributed by atoms with Crippen LogP contribution in [0.25, 0.3) is 0 Å². The number of piperazine rings is 1. The summed E-state index contributed by atoms with van der Waals surface area (Å²) in [6.45, 7) is 2.00. The summed E-state index contributed by atoms with van der Waals surface area (Å²) in [4.78, 5) is 28.8. The van der Waals surface area contributed by atoms with Crippen LogP contribution in [0.2, 0.25) is 0 Å². The number of benzene rings is 2. The summed E-state index contributed by atoms with van der Waals surface area (Å²) in [7, 11) is 2.91. The maximum atomic E-state index is 13.2. The number of rotatable bonds is 5. The number of nitrogens with zero attached hydrogens (tertiary/aromatic N) is 2. The van der Waals surface area contributed by atoms with E-state index in [4.69, 9.17) is 9.47 Å². The Morgan fingerprint density at radius 1 is 0.929 bits per heavy atom. The van der Waals surface area contributed by atoms with E-state index < -0.39 is 12.0 Å². The Morgan fingerprint density at radius 2 is 1.54 bits per heavy atom. The van der Waals surface area contributed by atoms with Crippen molar-refractivity contribution in [1.29, 1.82) is 0 Å². The lowest BCUT2D eigenvalue weighted by Crippen LogP contribution is -2.51. The molecule has 3 rings (SSSR count). The van der Waals surface area contributed by atoms with Crippen molar-refractivity contribution < 1.29 is 23.5 Å². The molecule has 1 aliphatic heterocycles. The molecule has 1 heterocycles. The Bertz CT molecular complexity index is 815. The van der Waals surface area contributed by atoms with Gasteiger partial charge in [0.15, 0.2) is 0 Å². The molecule has 0 aliphatic carbocycles. The van der Waals surface area contributed by atoms with Crippen molar-refractivity contribution in [3.63, 3.8) is 0 Å². The monoisotopic (exact) mass is 386 g/mol. The van der Waals surface area contributed by atoms with Gasteiger partial charge in [0, 0.05) is 31.7 Å². The number of hydrogen-bond donors (Lipinski definition) is 0. The SMILES string of the molecule is COC(=O)C(c1ccc(F)cc1)N1CCN(C(=O)c2ccc(OC)cc2)CC1. The molecule has 0 radical (unpaired) electrons. The minimum absolute atomic E-state index is 0.0568. The van der Waals surface area contributed by atoms with Gasteiger partial charge in [-0.25, -0.2) is 9.18 Å². The van der Waals surface area contributed by atoms with Crippen LogP contribution in [0.4, 0.5) is 4.39 Å². The van der Waals surface area contributed by atoms with Crippen molar-refractivity contribution in [1.82, 2.24) is 9.80 Å². The van der Waals surface area contributed by atoms with Gasteiger partial charge in [-0.05, 0) is 42.0 Å². The predicted octanol–water partition coefficient (Wildman–Crippen LogP) is 2.51. The lowest BCUT2D eigenvalue weighted by molar-refractivity contribution is -0.148. The van der Waals surface area contributed by atoms with E-state index in [9.17, 15) is 14.0 Å². The van der Waals surface area contributed by atoms with Gasteiger partial charge in [0.2, 0.25) is 0 Å². The highest BCUT2D eigenvalue weighted by molar-refractivity contribution is 5.94. The van der Waals surface area contributed by atoms with Gasteiger partial charge in [-0.2, -0.15) is 0 Å². The third-order valence-corrected chi connectivity index (χ3v) is 4.91. The van der Waals surface area contributed by atoms with E-state index in [1.807, 2.05) is 4.90 Å². The van der Waals surface area contributed by atoms with E-state index in [2.05, 4.69) is 0 Å². The van der Waals surface area contributed by atoms with Crippen molar-refractivity contribution in [2.45, 2.75) is 6.04 Å². The van der Waals surface area contributed by atoms with Gasteiger partial charge in [-0.3, -0.25) is 9.69 Å². The molecule has 0 saturated carbocycles. The maximum absolute atomic E-state index is 13.2. The lowest BCUT2D eigenvalue weighted by Gasteiger charge is -2.38. The third kappa shape index (κ3) is 4.31. The minimum atomic E-state index is -0.621. The van der Waals surface area contributed by atoms with Crippen LogP contribution in [0.1, 0.15) is 22.0 Å². The summed E-state index contributed by atoms with van der Waals surface area (Å²) in [6.07, 6.45) is 0. The summed E-state index contributed by atoms with van der Waals surface area (Å²) in [5, 5.41) is 0. The Labute approximate surface area is 163 Å². The lowest BCUT2D eigenvalue weighted by atomic mass is 10.0. The van der Waals surface area contributed by atoms with Crippen molar-refractivity contribution >= 4 is 11.9 Å². The molecule has 1 amide bonds. The van der Waals surface area contributed by atoms with Gasteiger partial charge in [0.05, 0.1) is 14.2 Å². The van der Waals surface area contributed by atoms with Gasteiger partial charge in [0.1, 0.15) is 17.6 Å². The van der Waals surface area contributed by atoms with Crippen molar-refractivity contribution in [2.75, 3.05) is 40.4 Å². The van der Waals surface area contributed by atoms with E-state index in [0.29, 0.717) is 43.1 Å². The highest BCUT2D eigenvalue weighted by Crippen LogP contribution is 2.24. The molecule has 28 heavy (non-hydrogen) atoms. The second kappa shape index (κ2) is 8.84. The van der Waals surface area contributed by atoms with E-state index in [0.717, 1.165) is 0 Å². The Morgan fingerprint density at radius 3 is 2.07 bits per heavy atom. The molecule has 2 aromatic rings. The molecule has 0 N–H and O–H groups in total. The zero-order valence-corrected chi connectivity index (χ0v) is 15.9. The Kier molecular flexibility index (Phi) is 6.26. The first kappa shape index (κ1) is 19.8. The van der Waals surface area contributed by atoms with E-state index >= 15 is 0 Å². The maximum Gasteiger partial charge on any atom is 0.327 e. The van der Waals surface area contributed by atoms with Crippen LogP contribution in [-0.4, -0.2) is 62.1 Å². The van der Waals surface area contributed by atoms with E-state index in [-0.39, 0.29) is 11.7 Å². The first-order valence-electron chi connectivity index (χ1n) is 9.04. The van der Waals surface area contributed by atoms with Gasteiger partial charge < -0.3 is 14.4 Å². The van der Waals surface area contributed by atoms with Crippen molar-refractivity contribution in [3.8, 4) is 5.75 Å². The van der Waals surface area contributed by atoms with E-state index in [1.54, 1.807) is 48.4 Å². The summed E-state index contributed by atoms with van der Waals surface area (Å²) >= 11 is 0. The Hall–Kier alpha value is -2.93. The highest BCUT2D eigenvalue weighted by atomic mass is 19.1. The third-order valence-electron chi connectivity index (χ3n) is 4.91. The van der Waals surface area contributed by atoms with Crippen LogP contribution in [0.5, 0.6) is 5.75 Å². The fourth-order valence-electron chi connectivity index (χ4n) is 3.35. The molecular formula is C21H23FN2O4. The molecule has 6 nitrogen and oxygen atoms in total. The standard InChI is InChI=1S/C21H23FN2O4/c1-27-18-9-5-16(6-10-18)20(25)24-13-11-23(12-14-24)19(21(26)28-2)15-3-7-17(22)8-4-15/h3-10,19H,11-14H2,1-2H3. The van der Waals surface area contributed by atoms with E-state index in [1.165, 1.54) is 19.2 Å². The number of carbonyl (C=O) groups excluding carboxylic acids is 2. The number of hydrogen-bond acceptors (Lipinski definition) is 5.